The second kappa shape index (κ2) is 3.88. The predicted molar refractivity (Wildman–Crippen MR) is 44.3 cm³/mol. The monoisotopic (exact) mass is 164 g/mol. The fourth-order valence-corrected chi connectivity index (χ4v) is 1.02. The molecule has 0 bridgehead atoms. The van der Waals surface area contributed by atoms with Crippen molar-refractivity contribution in [3.63, 3.8) is 0 Å². The molecule has 63 valence electrons. The summed E-state index contributed by atoms with van der Waals surface area (Å²) in [6, 6.07) is 9.00. The van der Waals surface area contributed by atoms with Crippen molar-refractivity contribution in [2.45, 2.75) is 6.10 Å². The van der Waals surface area contributed by atoms with Crippen LogP contribution in [0.25, 0.3) is 0 Å². The SMILES string of the molecule is COC(C([NH])=O)c1ccccc1. The summed E-state index contributed by atoms with van der Waals surface area (Å²) in [5.74, 6) is -0.719. The van der Waals surface area contributed by atoms with E-state index in [1.54, 1.807) is 12.1 Å². The fourth-order valence-electron chi connectivity index (χ4n) is 1.02. The van der Waals surface area contributed by atoms with Crippen LogP contribution in [0.1, 0.15) is 11.7 Å². The molecule has 0 aromatic heterocycles. The molecule has 0 aliphatic carbocycles. The van der Waals surface area contributed by atoms with Gasteiger partial charge in [0.2, 0.25) is 0 Å². The molecule has 1 radical (unpaired) electrons. The molecule has 1 amide bonds. The van der Waals surface area contributed by atoms with Gasteiger partial charge in [0, 0.05) is 7.11 Å². The van der Waals surface area contributed by atoms with Gasteiger partial charge in [0.15, 0.2) is 6.10 Å². The minimum Gasteiger partial charge on any atom is -0.367 e. The minimum absolute atomic E-state index is 0.719. The summed E-state index contributed by atoms with van der Waals surface area (Å²) in [6.45, 7) is 0. The van der Waals surface area contributed by atoms with E-state index in [0.29, 0.717) is 0 Å². The second-order valence-corrected chi connectivity index (χ2v) is 2.39. The summed E-state index contributed by atoms with van der Waals surface area (Å²) >= 11 is 0. The highest BCUT2D eigenvalue weighted by atomic mass is 16.5. The summed E-state index contributed by atoms with van der Waals surface area (Å²) in [6.07, 6.45) is -0.744. The lowest BCUT2D eigenvalue weighted by Gasteiger charge is -2.09. The number of hydrogen-bond acceptors (Lipinski definition) is 2. The Morgan fingerprint density at radius 2 is 2.00 bits per heavy atom. The lowest BCUT2D eigenvalue weighted by molar-refractivity contribution is -0.128. The highest BCUT2D eigenvalue weighted by molar-refractivity contribution is 5.79. The first-order valence-corrected chi connectivity index (χ1v) is 3.59. The van der Waals surface area contributed by atoms with Gasteiger partial charge < -0.3 is 4.74 Å². The Hall–Kier alpha value is -1.35. The van der Waals surface area contributed by atoms with Crippen molar-refractivity contribution in [3.8, 4) is 0 Å². The third-order valence-electron chi connectivity index (χ3n) is 1.58. The van der Waals surface area contributed by atoms with E-state index in [1.165, 1.54) is 7.11 Å². The van der Waals surface area contributed by atoms with Gasteiger partial charge in [-0.25, -0.2) is 0 Å². The topological polar surface area (TPSA) is 50.1 Å². The number of carbonyl (C=O) groups excluding carboxylic acids is 1. The number of carbonyl (C=O) groups is 1. The van der Waals surface area contributed by atoms with Gasteiger partial charge in [0.25, 0.3) is 5.91 Å². The third-order valence-corrected chi connectivity index (χ3v) is 1.58. The first-order valence-electron chi connectivity index (χ1n) is 3.59. The summed E-state index contributed by atoms with van der Waals surface area (Å²) < 4.78 is 4.86. The molecule has 0 saturated carbocycles. The van der Waals surface area contributed by atoms with Gasteiger partial charge in [0.05, 0.1) is 0 Å². The Balaban J connectivity index is 2.88. The number of nitrogens with one attached hydrogen (secondary N) is 1. The van der Waals surface area contributed by atoms with E-state index < -0.39 is 12.0 Å². The van der Waals surface area contributed by atoms with Crippen LogP contribution in [0.3, 0.4) is 0 Å². The largest absolute Gasteiger partial charge is 0.367 e. The lowest BCUT2D eigenvalue weighted by Crippen LogP contribution is -2.14. The van der Waals surface area contributed by atoms with E-state index in [2.05, 4.69) is 0 Å². The molecule has 0 heterocycles. The second-order valence-electron chi connectivity index (χ2n) is 2.39. The maximum atomic E-state index is 10.7. The highest BCUT2D eigenvalue weighted by Gasteiger charge is 2.16. The van der Waals surface area contributed by atoms with Crippen LogP contribution in [-0.4, -0.2) is 13.0 Å². The molecule has 0 spiro atoms. The van der Waals surface area contributed by atoms with Crippen LogP contribution in [0.15, 0.2) is 30.3 Å². The molecule has 0 aliphatic heterocycles. The Labute approximate surface area is 71.1 Å². The normalized spacial score (nSPS) is 12.4. The lowest BCUT2D eigenvalue weighted by atomic mass is 10.1. The molecule has 1 aromatic rings. The van der Waals surface area contributed by atoms with Gasteiger partial charge in [0.1, 0.15) is 0 Å². The average molecular weight is 164 g/mol. The third kappa shape index (κ3) is 1.83. The van der Waals surface area contributed by atoms with E-state index in [4.69, 9.17) is 10.5 Å². The number of amides is 1. The van der Waals surface area contributed by atoms with E-state index in [1.807, 2.05) is 18.2 Å². The Morgan fingerprint density at radius 3 is 2.42 bits per heavy atom. The van der Waals surface area contributed by atoms with Crippen molar-refractivity contribution < 1.29 is 9.53 Å². The molecule has 1 N–H and O–H groups in total. The van der Waals surface area contributed by atoms with E-state index >= 15 is 0 Å². The molecule has 0 saturated heterocycles. The first-order chi connectivity index (χ1) is 5.75. The average Bonchev–Trinajstić information content (AvgIpc) is 2.07. The van der Waals surface area contributed by atoms with Gasteiger partial charge in [-0.1, -0.05) is 30.3 Å². The molecule has 1 aromatic carbocycles. The van der Waals surface area contributed by atoms with Crippen LogP contribution in [0.2, 0.25) is 0 Å². The van der Waals surface area contributed by atoms with Crippen LogP contribution in [0.5, 0.6) is 0 Å². The number of hydrogen-bond donors (Lipinski definition) is 0. The van der Waals surface area contributed by atoms with Crippen molar-refractivity contribution in [2.24, 2.45) is 0 Å². The number of ether oxygens (including phenoxy) is 1. The van der Waals surface area contributed by atoms with E-state index in [-0.39, 0.29) is 0 Å². The summed E-state index contributed by atoms with van der Waals surface area (Å²) in [4.78, 5) is 10.7. The number of methoxy groups -OCH3 is 1. The Kier molecular flexibility index (Phi) is 2.82. The van der Waals surface area contributed by atoms with Gasteiger partial charge in [-0.3, -0.25) is 10.5 Å². The van der Waals surface area contributed by atoms with Crippen LogP contribution in [-0.2, 0) is 9.53 Å². The zero-order valence-electron chi connectivity index (χ0n) is 6.78. The number of benzene rings is 1. The predicted octanol–water partition coefficient (Wildman–Crippen LogP) is 1.18. The van der Waals surface area contributed by atoms with Crippen molar-refractivity contribution >= 4 is 5.91 Å². The molecule has 0 fully saturated rings. The highest BCUT2D eigenvalue weighted by Crippen LogP contribution is 2.15. The molecule has 3 heteroatoms. The van der Waals surface area contributed by atoms with Crippen molar-refractivity contribution in [1.29, 1.82) is 0 Å². The molecule has 1 rings (SSSR count). The van der Waals surface area contributed by atoms with Gasteiger partial charge in [-0.15, -0.1) is 0 Å². The molecule has 1 unspecified atom stereocenters. The van der Waals surface area contributed by atoms with Gasteiger partial charge in [-0.05, 0) is 5.56 Å². The Morgan fingerprint density at radius 1 is 1.42 bits per heavy atom. The maximum Gasteiger partial charge on any atom is 0.272 e. The quantitative estimate of drug-likeness (QED) is 0.673. The molecule has 0 aliphatic rings. The molecule has 12 heavy (non-hydrogen) atoms. The van der Waals surface area contributed by atoms with Crippen LogP contribution >= 0.6 is 0 Å². The van der Waals surface area contributed by atoms with Crippen molar-refractivity contribution in [2.75, 3.05) is 7.11 Å². The van der Waals surface area contributed by atoms with Crippen molar-refractivity contribution in [1.82, 2.24) is 5.73 Å². The van der Waals surface area contributed by atoms with Crippen LogP contribution < -0.4 is 5.73 Å². The first kappa shape index (κ1) is 8.74. The number of rotatable bonds is 3. The zero-order valence-corrected chi connectivity index (χ0v) is 6.78. The Bertz CT molecular complexity index is 258. The summed E-state index contributed by atoms with van der Waals surface area (Å²) in [5.41, 5.74) is 7.63. The van der Waals surface area contributed by atoms with Gasteiger partial charge in [-0.2, -0.15) is 0 Å². The molecular weight excluding hydrogens is 154 g/mol. The van der Waals surface area contributed by atoms with Crippen molar-refractivity contribution in [3.05, 3.63) is 35.9 Å². The van der Waals surface area contributed by atoms with E-state index in [0.717, 1.165) is 5.56 Å². The summed E-state index contributed by atoms with van der Waals surface area (Å²) in [5, 5.41) is 0. The smallest absolute Gasteiger partial charge is 0.272 e. The van der Waals surface area contributed by atoms with Crippen LogP contribution in [0.4, 0.5) is 0 Å². The minimum atomic E-state index is -0.744. The zero-order chi connectivity index (χ0) is 8.97. The molecule has 3 nitrogen and oxygen atoms in total. The van der Waals surface area contributed by atoms with Crippen LogP contribution in [0, 0.1) is 0 Å². The standard InChI is InChI=1S/C9H10NO2/c1-12-8(9(10)11)7-5-3-2-4-6-7/h2-6,8,10H,1H3. The van der Waals surface area contributed by atoms with E-state index in [9.17, 15) is 4.79 Å². The maximum absolute atomic E-state index is 10.7. The molecule has 1 atom stereocenters. The molecular formula is C9H10NO2. The van der Waals surface area contributed by atoms with Gasteiger partial charge >= 0.3 is 0 Å². The fraction of sp³-hybridized carbons (Fsp3) is 0.222. The summed E-state index contributed by atoms with van der Waals surface area (Å²) in [7, 11) is 1.42.